The highest BCUT2D eigenvalue weighted by molar-refractivity contribution is 5.81. The average Bonchev–Trinajstić information content (AvgIpc) is 2.38. The van der Waals surface area contributed by atoms with Crippen molar-refractivity contribution >= 4 is 12.6 Å². The Morgan fingerprint density at radius 3 is 2.35 bits per heavy atom. The highest BCUT2D eigenvalue weighted by atomic mass is 16.5. The molecule has 4 nitrogen and oxygen atoms in total. The zero-order valence-electron chi connectivity index (χ0n) is 9.65. The van der Waals surface area contributed by atoms with Crippen molar-refractivity contribution in [2.24, 2.45) is 0 Å². The minimum absolute atomic E-state index is 0.132. The van der Waals surface area contributed by atoms with Crippen LogP contribution in [-0.4, -0.2) is 26.8 Å². The Kier molecular flexibility index (Phi) is 4.77. The number of benzene rings is 1. The molecule has 0 unspecified atom stereocenters. The zero-order chi connectivity index (χ0) is 12.7. The molecule has 0 atom stereocenters. The maximum absolute atomic E-state index is 10.9. The summed E-state index contributed by atoms with van der Waals surface area (Å²) in [4.78, 5) is 21.1. The smallest absolute Gasteiger partial charge is 0.162 e. The van der Waals surface area contributed by atoms with Crippen molar-refractivity contribution < 1.29 is 19.1 Å². The molecule has 0 amide bonds. The molecule has 1 aromatic carbocycles. The predicted molar refractivity (Wildman–Crippen MR) is 62.5 cm³/mol. The summed E-state index contributed by atoms with van der Waals surface area (Å²) < 4.78 is 10.2. The van der Waals surface area contributed by atoms with Crippen molar-refractivity contribution in [3.8, 4) is 23.3 Å². The van der Waals surface area contributed by atoms with Gasteiger partial charge in [0.25, 0.3) is 0 Å². The van der Waals surface area contributed by atoms with Gasteiger partial charge in [0.05, 0.1) is 20.6 Å². The van der Waals surface area contributed by atoms with Gasteiger partial charge in [-0.3, -0.25) is 4.79 Å². The van der Waals surface area contributed by atoms with E-state index in [1.807, 2.05) is 0 Å². The lowest BCUT2D eigenvalue weighted by molar-refractivity contribution is -0.107. The van der Waals surface area contributed by atoms with Crippen LogP contribution in [0.2, 0.25) is 0 Å². The van der Waals surface area contributed by atoms with Crippen LogP contribution in [-0.2, 0) is 4.79 Å². The lowest BCUT2D eigenvalue weighted by Crippen LogP contribution is -1.95. The van der Waals surface area contributed by atoms with Crippen LogP contribution in [0.5, 0.6) is 11.5 Å². The van der Waals surface area contributed by atoms with Gasteiger partial charge in [0.15, 0.2) is 17.8 Å². The van der Waals surface area contributed by atoms with E-state index in [4.69, 9.17) is 9.47 Å². The zero-order valence-corrected chi connectivity index (χ0v) is 9.65. The summed E-state index contributed by atoms with van der Waals surface area (Å²) >= 11 is 0. The van der Waals surface area contributed by atoms with Crippen molar-refractivity contribution in [3.63, 3.8) is 0 Å². The first-order valence-corrected chi connectivity index (χ1v) is 4.90. The van der Waals surface area contributed by atoms with E-state index in [1.54, 1.807) is 12.1 Å². The second-order valence-electron chi connectivity index (χ2n) is 3.08. The molecule has 0 saturated carbocycles. The minimum Gasteiger partial charge on any atom is -0.493 e. The number of rotatable bonds is 4. The predicted octanol–water partition coefficient (Wildman–Crippen LogP) is 1.46. The Hall–Kier alpha value is -2.28. The summed E-state index contributed by atoms with van der Waals surface area (Å²) in [5.41, 5.74) is 0.917. The molecule has 88 valence electrons. The Morgan fingerprint density at radius 2 is 1.82 bits per heavy atom. The highest BCUT2D eigenvalue weighted by Crippen LogP contribution is 2.29. The fourth-order valence-electron chi connectivity index (χ4n) is 1.29. The van der Waals surface area contributed by atoms with E-state index >= 15 is 0 Å². The minimum atomic E-state index is 0.132. The Morgan fingerprint density at radius 1 is 1.18 bits per heavy atom. The number of methoxy groups -OCH3 is 2. The van der Waals surface area contributed by atoms with Gasteiger partial charge in [0.1, 0.15) is 6.29 Å². The van der Waals surface area contributed by atoms with Crippen LogP contribution >= 0.6 is 0 Å². The van der Waals surface area contributed by atoms with E-state index in [9.17, 15) is 9.59 Å². The molecule has 0 aliphatic carbocycles. The summed E-state index contributed by atoms with van der Waals surface area (Å²) in [6.45, 7) is 0. The van der Waals surface area contributed by atoms with E-state index in [-0.39, 0.29) is 6.42 Å². The van der Waals surface area contributed by atoms with Crippen LogP contribution in [0.3, 0.4) is 0 Å². The quantitative estimate of drug-likeness (QED) is 0.582. The van der Waals surface area contributed by atoms with Gasteiger partial charge in [-0.1, -0.05) is 11.8 Å². The van der Waals surface area contributed by atoms with Gasteiger partial charge in [-0.25, -0.2) is 0 Å². The first-order valence-electron chi connectivity index (χ1n) is 4.90. The number of carbonyl (C=O) groups excluding carboxylic acids is 2. The van der Waals surface area contributed by atoms with E-state index in [2.05, 4.69) is 11.8 Å². The van der Waals surface area contributed by atoms with Gasteiger partial charge in [-0.05, 0) is 6.07 Å². The maximum atomic E-state index is 10.9. The number of ether oxygens (including phenoxy) is 2. The molecule has 17 heavy (non-hydrogen) atoms. The Bertz CT molecular complexity index is 480. The first kappa shape index (κ1) is 12.8. The van der Waals surface area contributed by atoms with Crippen LogP contribution in [0, 0.1) is 11.8 Å². The van der Waals surface area contributed by atoms with Crippen molar-refractivity contribution in [1.29, 1.82) is 0 Å². The normalized spacial score (nSPS) is 8.82. The highest BCUT2D eigenvalue weighted by Gasteiger charge is 2.08. The number of carbonyl (C=O) groups is 2. The van der Waals surface area contributed by atoms with Crippen molar-refractivity contribution in [3.05, 3.63) is 23.3 Å². The maximum Gasteiger partial charge on any atom is 0.162 e. The van der Waals surface area contributed by atoms with E-state index < -0.39 is 0 Å². The molecule has 0 aromatic heterocycles. The number of aldehydes is 2. The summed E-state index contributed by atoms with van der Waals surface area (Å²) in [7, 11) is 2.99. The molecule has 0 fully saturated rings. The van der Waals surface area contributed by atoms with Crippen molar-refractivity contribution in [2.45, 2.75) is 6.42 Å². The van der Waals surface area contributed by atoms with Gasteiger partial charge >= 0.3 is 0 Å². The molecule has 1 aromatic rings. The summed E-state index contributed by atoms with van der Waals surface area (Å²) in [6, 6.07) is 3.16. The summed E-state index contributed by atoms with van der Waals surface area (Å²) in [5.74, 6) is 6.35. The summed E-state index contributed by atoms with van der Waals surface area (Å²) in [5, 5.41) is 0. The van der Waals surface area contributed by atoms with E-state index in [0.29, 0.717) is 35.2 Å². The Labute approximate surface area is 99.5 Å². The van der Waals surface area contributed by atoms with Crippen LogP contribution in [0.4, 0.5) is 0 Å². The molecule has 0 aliphatic heterocycles. The molecule has 0 bridgehead atoms. The molecule has 0 N–H and O–H groups in total. The lowest BCUT2D eigenvalue weighted by Gasteiger charge is -2.09. The van der Waals surface area contributed by atoms with Gasteiger partial charge in [-0.15, -0.1) is 0 Å². The fourth-order valence-corrected chi connectivity index (χ4v) is 1.29. The number of hydrogen-bond acceptors (Lipinski definition) is 4. The van der Waals surface area contributed by atoms with E-state index in [0.717, 1.165) is 0 Å². The van der Waals surface area contributed by atoms with Crippen LogP contribution in [0.1, 0.15) is 22.3 Å². The molecule has 0 spiro atoms. The SMILES string of the molecule is COc1cc(C#CCC=O)c(C=O)cc1OC. The average molecular weight is 232 g/mol. The first-order chi connectivity index (χ1) is 8.26. The third-order valence-corrected chi connectivity index (χ3v) is 2.09. The van der Waals surface area contributed by atoms with Crippen LogP contribution in [0.25, 0.3) is 0 Å². The van der Waals surface area contributed by atoms with Gasteiger partial charge < -0.3 is 14.3 Å². The Balaban J connectivity index is 3.24. The number of hydrogen-bond donors (Lipinski definition) is 0. The molecule has 0 heterocycles. The van der Waals surface area contributed by atoms with E-state index in [1.165, 1.54) is 14.2 Å². The lowest BCUT2D eigenvalue weighted by atomic mass is 10.1. The third-order valence-electron chi connectivity index (χ3n) is 2.09. The second kappa shape index (κ2) is 6.33. The standard InChI is InChI=1S/C13H12O4/c1-16-12-7-10(5-3-4-6-14)11(9-15)8-13(12)17-2/h6-9H,4H2,1-2H3. The fraction of sp³-hybridized carbons (Fsp3) is 0.231. The monoisotopic (exact) mass is 232 g/mol. The third kappa shape index (κ3) is 3.08. The van der Waals surface area contributed by atoms with Crippen LogP contribution in [0.15, 0.2) is 12.1 Å². The van der Waals surface area contributed by atoms with Crippen molar-refractivity contribution in [2.75, 3.05) is 14.2 Å². The molecular weight excluding hydrogens is 220 g/mol. The molecule has 4 heteroatoms. The van der Waals surface area contributed by atoms with Gasteiger partial charge in [-0.2, -0.15) is 0 Å². The molecule has 0 aliphatic rings. The topological polar surface area (TPSA) is 52.6 Å². The molecular formula is C13H12O4. The van der Waals surface area contributed by atoms with Gasteiger partial charge in [0, 0.05) is 17.2 Å². The van der Waals surface area contributed by atoms with Gasteiger partial charge in [0.2, 0.25) is 0 Å². The largest absolute Gasteiger partial charge is 0.493 e. The molecule has 0 radical (unpaired) electrons. The van der Waals surface area contributed by atoms with Crippen LogP contribution < -0.4 is 9.47 Å². The molecule has 1 rings (SSSR count). The summed E-state index contributed by atoms with van der Waals surface area (Å²) in [6.07, 6.45) is 1.52. The second-order valence-corrected chi connectivity index (χ2v) is 3.08. The van der Waals surface area contributed by atoms with Crippen molar-refractivity contribution in [1.82, 2.24) is 0 Å². The molecule has 0 saturated heterocycles.